The zero-order valence-corrected chi connectivity index (χ0v) is 15.4. The summed E-state index contributed by atoms with van der Waals surface area (Å²) in [4.78, 5) is 0. The van der Waals surface area contributed by atoms with Crippen molar-refractivity contribution in [1.29, 1.82) is 0 Å². The summed E-state index contributed by atoms with van der Waals surface area (Å²) in [6, 6.07) is 36.2. The molecule has 0 radical (unpaired) electrons. The van der Waals surface area contributed by atoms with Gasteiger partial charge in [0.2, 0.25) is 0 Å². The first-order valence-corrected chi connectivity index (χ1v) is 9.19. The molecule has 0 bridgehead atoms. The molecule has 0 amide bonds. The second-order valence-electron chi connectivity index (χ2n) is 6.58. The van der Waals surface area contributed by atoms with Gasteiger partial charge in [-0.2, -0.15) is 0 Å². The molecule has 4 aromatic carbocycles. The van der Waals surface area contributed by atoms with Crippen molar-refractivity contribution in [3.63, 3.8) is 0 Å². The summed E-state index contributed by atoms with van der Waals surface area (Å²) in [6.45, 7) is 0.573. The SMILES string of the molecule is COCc1c(-c2ccccc2)cc(-c2ccccc2)cc1-c1ccccc1. The van der Waals surface area contributed by atoms with E-state index in [-0.39, 0.29) is 0 Å². The number of hydrogen-bond acceptors (Lipinski definition) is 1. The number of methoxy groups -OCH3 is 1. The lowest BCUT2D eigenvalue weighted by atomic mass is 9.88. The second-order valence-corrected chi connectivity index (χ2v) is 6.58. The van der Waals surface area contributed by atoms with E-state index in [4.69, 9.17) is 4.74 Å². The maximum absolute atomic E-state index is 5.60. The minimum absolute atomic E-state index is 0.573. The molecule has 0 unspecified atom stereocenters. The predicted octanol–water partition coefficient (Wildman–Crippen LogP) is 6.83. The van der Waals surface area contributed by atoms with Crippen molar-refractivity contribution in [2.24, 2.45) is 0 Å². The van der Waals surface area contributed by atoms with Crippen molar-refractivity contribution in [1.82, 2.24) is 0 Å². The molecule has 0 aliphatic heterocycles. The summed E-state index contributed by atoms with van der Waals surface area (Å²) in [5.41, 5.74) is 8.51. The van der Waals surface area contributed by atoms with Gasteiger partial charge in [-0.15, -0.1) is 0 Å². The van der Waals surface area contributed by atoms with Crippen LogP contribution < -0.4 is 0 Å². The Balaban J connectivity index is 2.01. The average Bonchev–Trinajstić information content (AvgIpc) is 2.76. The highest BCUT2D eigenvalue weighted by Crippen LogP contribution is 2.37. The molecular weight excluding hydrogens is 328 g/mol. The van der Waals surface area contributed by atoms with Gasteiger partial charge in [-0.25, -0.2) is 0 Å². The highest BCUT2D eigenvalue weighted by atomic mass is 16.5. The third kappa shape index (κ3) is 3.69. The van der Waals surface area contributed by atoms with E-state index in [9.17, 15) is 0 Å². The van der Waals surface area contributed by atoms with E-state index in [1.165, 1.54) is 38.9 Å². The number of hydrogen-bond donors (Lipinski definition) is 0. The smallest absolute Gasteiger partial charge is 0.0725 e. The Bertz CT molecular complexity index is 945. The molecule has 132 valence electrons. The highest BCUT2D eigenvalue weighted by molar-refractivity contribution is 5.85. The Morgan fingerprint density at radius 2 is 0.926 bits per heavy atom. The number of rotatable bonds is 5. The first-order valence-electron chi connectivity index (χ1n) is 9.19. The largest absolute Gasteiger partial charge is 0.380 e. The van der Waals surface area contributed by atoms with E-state index in [0.29, 0.717) is 6.61 Å². The minimum Gasteiger partial charge on any atom is -0.380 e. The normalized spacial score (nSPS) is 10.7. The summed E-state index contributed by atoms with van der Waals surface area (Å²) in [6.07, 6.45) is 0. The zero-order chi connectivity index (χ0) is 18.5. The fourth-order valence-electron chi connectivity index (χ4n) is 3.52. The van der Waals surface area contributed by atoms with Crippen molar-refractivity contribution in [3.05, 3.63) is 109 Å². The van der Waals surface area contributed by atoms with E-state index in [1.807, 2.05) is 0 Å². The van der Waals surface area contributed by atoms with Gasteiger partial charge in [0.05, 0.1) is 6.61 Å². The maximum Gasteiger partial charge on any atom is 0.0725 e. The topological polar surface area (TPSA) is 9.23 Å². The van der Waals surface area contributed by atoms with Gasteiger partial charge in [-0.05, 0) is 51.1 Å². The number of ether oxygens (including phenoxy) is 1. The van der Waals surface area contributed by atoms with Crippen LogP contribution in [0.3, 0.4) is 0 Å². The van der Waals surface area contributed by atoms with E-state index >= 15 is 0 Å². The number of benzene rings is 4. The lowest BCUT2D eigenvalue weighted by Crippen LogP contribution is -1.98. The van der Waals surface area contributed by atoms with Gasteiger partial charge in [0.15, 0.2) is 0 Å². The molecule has 0 fully saturated rings. The van der Waals surface area contributed by atoms with Crippen LogP contribution in [-0.2, 0) is 11.3 Å². The standard InChI is InChI=1S/C26H22O/c1-27-19-26-24(21-13-7-3-8-14-21)17-23(20-11-5-2-6-12-20)18-25(26)22-15-9-4-10-16-22/h2-18H,19H2,1H3. The Labute approximate surface area is 160 Å². The van der Waals surface area contributed by atoms with Crippen LogP contribution in [0.25, 0.3) is 33.4 Å². The molecule has 1 nitrogen and oxygen atoms in total. The van der Waals surface area contributed by atoms with Crippen molar-refractivity contribution >= 4 is 0 Å². The summed E-state index contributed by atoms with van der Waals surface area (Å²) in [5, 5.41) is 0. The van der Waals surface area contributed by atoms with E-state index in [2.05, 4.69) is 103 Å². The van der Waals surface area contributed by atoms with Crippen LogP contribution in [0.2, 0.25) is 0 Å². The van der Waals surface area contributed by atoms with E-state index in [0.717, 1.165) is 0 Å². The predicted molar refractivity (Wildman–Crippen MR) is 113 cm³/mol. The quantitative estimate of drug-likeness (QED) is 0.383. The van der Waals surface area contributed by atoms with Gasteiger partial charge >= 0.3 is 0 Å². The van der Waals surface area contributed by atoms with Gasteiger partial charge in [0, 0.05) is 7.11 Å². The molecule has 1 heteroatoms. The van der Waals surface area contributed by atoms with Crippen molar-refractivity contribution in [2.75, 3.05) is 7.11 Å². The molecule has 0 aromatic heterocycles. The molecule has 27 heavy (non-hydrogen) atoms. The van der Waals surface area contributed by atoms with E-state index < -0.39 is 0 Å². The van der Waals surface area contributed by atoms with Crippen molar-refractivity contribution in [3.8, 4) is 33.4 Å². The molecule has 0 N–H and O–H groups in total. The molecule has 0 aliphatic carbocycles. The minimum atomic E-state index is 0.573. The van der Waals surface area contributed by atoms with Crippen LogP contribution in [0.4, 0.5) is 0 Å². The van der Waals surface area contributed by atoms with Crippen LogP contribution in [-0.4, -0.2) is 7.11 Å². The van der Waals surface area contributed by atoms with Gasteiger partial charge < -0.3 is 4.74 Å². The van der Waals surface area contributed by atoms with E-state index in [1.54, 1.807) is 7.11 Å². The van der Waals surface area contributed by atoms with Gasteiger partial charge in [0.1, 0.15) is 0 Å². The lowest BCUT2D eigenvalue weighted by molar-refractivity contribution is 0.185. The molecule has 0 saturated heterocycles. The van der Waals surface area contributed by atoms with Crippen LogP contribution in [0, 0.1) is 0 Å². The van der Waals surface area contributed by atoms with Crippen LogP contribution in [0.5, 0.6) is 0 Å². The molecule has 4 rings (SSSR count). The fraction of sp³-hybridized carbons (Fsp3) is 0.0769. The second kappa shape index (κ2) is 8.03. The molecule has 0 spiro atoms. The van der Waals surface area contributed by atoms with Gasteiger partial charge in [-0.1, -0.05) is 91.0 Å². The third-order valence-electron chi connectivity index (χ3n) is 4.82. The summed E-state index contributed by atoms with van der Waals surface area (Å²) in [7, 11) is 1.76. The monoisotopic (exact) mass is 350 g/mol. The Morgan fingerprint density at radius 1 is 0.519 bits per heavy atom. The fourth-order valence-corrected chi connectivity index (χ4v) is 3.52. The van der Waals surface area contributed by atoms with Gasteiger partial charge in [0.25, 0.3) is 0 Å². The first kappa shape index (κ1) is 17.3. The zero-order valence-electron chi connectivity index (χ0n) is 15.4. The van der Waals surface area contributed by atoms with Crippen LogP contribution in [0.15, 0.2) is 103 Å². The molecule has 0 heterocycles. The maximum atomic E-state index is 5.60. The Hall–Kier alpha value is -3.16. The third-order valence-corrected chi connectivity index (χ3v) is 4.82. The summed E-state index contributed by atoms with van der Waals surface area (Å²) < 4.78 is 5.60. The van der Waals surface area contributed by atoms with Gasteiger partial charge in [-0.3, -0.25) is 0 Å². The molecule has 0 saturated carbocycles. The molecular formula is C26H22O. The molecule has 0 aliphatic rings. The lowest BCUT2D eigenvalue weighted by Gasteiger charge is -2.18. The first-order chi connectivity index (χ1) is 13.4. The molecule has 4 aromatic rings. The van der Waals surface area contributed by atoms with Crippen molar-refractivity contribution < 1.29 is 4.74 Å². The van der Waals surface area contributed by atoms with Crippen LogP contribution >= 0.6 is 0 Å². The summed E-state index contributed by atoms with van der Waals surface area (Å²) in [5.74, 6) is 0. The average molecular weight is 350 g/mol. The highest BCUT2D eigenvalue weighted by Gasteiger charge is 2.15. The van der Waals surface area contributed by atoms with Crippen molar-refractivity contribution in [2.45, 2.75) is 6.61 Å². The Morgan fingerprint density at radius 3 is 1.33 bits per heavy atom. The summed E-state index contributed by atoms with van der Waals surface area (Å²) >= 11 is 0. The van der Waals surface area contributed by atoms with Crippen LogP contribution in [0.1, 0.15) is 5.56 Å². The Kier molecular flexibility index (Phi) is 5.13. The molecule has 0 atom stereocenters.